The van der Waals surface area contributed by atoms with Crippen LogP contribution in [0.15, 0.2) is 36.4 Å². The van der Waals surface area contributed by atoms with Gasteiger partial charge in [-0.2, -0.15) is 0 Å². The molecule has 0 bridgehead atoms. The van der Waals surface area contributed by atoms with Crippen LogP contribution in [0, 0.1) is 5.82 Å². The van der Waals surface area contributed by atoms with Gasteiger partial charge < -0.3 is 0 Å². The molecule has 0 aliphatic carbocycles. The maximum atomic E-state index is 12.8. The Labute approximate surface area is 124 Å². The van der Waals surface area contributed by atoms with Gasteiger partial charge in [-0.15, -0.1) is 0 Å². The minimum Gasteiger partial charge on any atom is -0.294 e. The highest BCUT2D eigenvalue weighted by atomic mass is 35.5. The van der Waals surface area contributed by atoms with Crippen molar-refractivity contribution in [3.63, 3.8) is 0 Å². The van der Waals surface area contributed by atoms with E-state index >= 15 is 0 Å². The Morgan fingerprint density at radius 3 is 2.05 bits per heavy atom. The molecule has 0 N–H and O–H groups in total. The fraction of sp³-hybridized carbons (Fsp3) is 0.0714. The monoisotopic (exact) mass is 316 g/mol. The highest BCUT2D eigenvalue weighted by Gasteiger charge is 2.16. The van der Waals surface area contributed by atoms with Gasteiger partial charge in [0.1, 0.15) is 5.82 Å². The van der Waals surface area contributed by atoms with E-state index in [0.29, 0.717) is 10.6 Å². The van der Waals surface area contributed by atoms with Crippen LogP contribution in [0.25, 0.3) is 0 Å². The molecule has 98 valence electrons. The highest BCUT2D eigenvalue weighted by molar-refractivity contribution is 6.42. The Bertz CT molecular complexity index is 600. The predicted octanol–water partition coefficient (Wildman–Crippen LogP) is 5.21. The molecule has 0 aromatic heterocycles. The Morgan fingerprint density at radius 2 is 1.53 bits per heavy atom. The number of halogens is 4. The molecule has 0 spiro atoms. The van der Waals surface area contributed by atoms with E-state index in [2.05, 4.69) is 0 Å². The Hall–Kier alpha value is -1.09. The summed E-state index contributed by atoms with van der Waals surface area (Å²) in [6.45, 7) is 0. The van der Waals surface area contributed by atoms with Crippen molar-refractivity contribution in [3.8, 4) is 0 Å². The van der Waals surface area contributed by atoms with Crippen molar-refractivity contribution in [2.24, 2.45) is 0 Å². The zero-order valence-electron chi connectivity index (χ0n) is 9.59. The maximum Gasteiger partial charge on any atom is 0.170 e. The van der Waals surface area contributed by atoms with Gasteiger partial charge in [0.15, 0.2) is 5.78 Å². The lowest BCUT2D eigenvalue weighted by molar-refractivity contribution is 0.0993. The van der Waals surface area contributed by atoms with E-state index in [1.54, 1.807) is 12.1 Å². The van der Waals surface area contributed by atoms with Gasteiger partial charge in [0.2, 0.25) is 0 Å². The van der Waals surface area contributed by atoms with Crippen molar-refractivity contribution < 1.29 is 9.18 Å². The number of carbonyl (C=O) groups is 1. The summed E-state index contributed by atoms with van der Waals surface area (Å²) in [5.41, 5.74) is 0.922. The van der Waals surface area contributed by atoms with Crippen molar-refractivity contribution in [1.29, 1.82) is 0 Å². The molecule has 2 rings (SSSR count). The normalized spacial score (nSPS) is 10.5. The molecule has 2 aromatic rings. The van der Waals surface area contributed by atoms with E-state index in [4.69, 9.17) is 34.8 Å². The number of ketones is 1. The van der Waals surface area contributed by atoms with E-state index in [-0.39, 0.29) is 33.6 Å². The minimum absolute atomic E-state index is 0.0986. The average molecular weight is 318 g/mol. The highest BCUT2D eigenvalue weighted by Crippen LogP contribution is 2.30. The summed E-state index contributed by atoms with van der Waals surface area (Å²) in [5, 5.41) is 0.794. The summed E-state index contributed by atoms with van der Waals surface area (Å²) in [6, 6.07) is 8.62. The quantitative estimate of drug-likeness (QED) is 0.710. The zero-order chi connectivity index (χ0) is 14.0. The molecule has 1 nitrogen and oxygen atoms in total. The third-order valence-corrected chi connectivity index (χ3v) is 3.38. The van der Waals surface area contributed by atoms with Crippen molar-refractivity contribution in [1.82, 2.24) is 0 Å². The molecule has 0 saturated carbocycles. The van der Waals surface area contributed by atoms with E-state index in [9.17, 15) is 9.18 Å². The van der Waals surface area contributed by atoms with E-state index in [1.165, 1.54) is 24.3 Å². The van der Waals surface area contributed by atoms with Crippen molar-refractivity contribution in [3.05, 3.63) is 68.4 Å². The second kappa shape index (κ2) is 5.91. The lowest BCUT2D eigenvalue weighted by atomic mass is 10.0. The first-order valence-electron chi connectivity index (χ1n) is 5.39. The Balaban J connectivity index is 2.28. The van der Waals surface area contributed by atoms with Crippen LogP contribution >= 0.6 is 34.8 Å². The van der Waals surface area contributed by atoms with E-state index in [1.807, 2.05) is 0 Å². The number of carbonyl (C=O) groups excluding carboxylic acids is 1. The molecule has 5 heteroatoms. The van der Waals surface area contributed by atoms with Crippen molar-refractivity contribution >= 4 is 40.6 Å². The van der Waals surface area contributed by atoms with Gasteiger partial charge in [0.25, 0.3) is 0 Å². The first-order chi connectivity index (χ1) is 8.97. The Morgan fingerprint density at radius 1 is 1.00 bits per heavy atom. The first-order valence-corrected chi connectivity index (χ1v) is 6.53. The van der Waals surface area contributed by atoms with Crippen molar-refractivity contribution in [2.45, 2.75) is 6.42 Å². The fourth-order valence-corrected chi connectivity index (χ4v) is 2.71. The van der Waals surface area contributed by atoms with Crippen LogP contribution in [-0.4, -0.2) is 5.78 Å². The molecule has 0 saturated heterocycles. The number of hydrogen-bond acceptors (Lipinski definition) is 1. The number of benzene rings is 2. The molecule has 0 fully saturated rings. The van der Waals surface area contributed by atoms with Crippen LogP contribution in [0.4, 0.5) is 4.39 Å². The molecule has 0 radical (unpaired) electrons. The molecule has 0 heterocycles. The second-order valence-corrected chi connectivity index (χ2v) is 5.22. The van der Waals surface area contributed by atoms with Crippen LogP contribution in [0.5, 0.6) is 0 Å². The van der Waals surface area contributed by atoms with Gasteiger partial charge in [-0.3, -0.25) is 4.79 Å². The molecule has 0 aliphatic heterocycles. The second-order valence-electron chi connectivity index (χ2n) is 3.97. The summed E-state index contributed by atoms with van der Waals surface area (Å²) in [5.74, 6) is -0.586. The lowest BCUT2D eigenvalue weighted by Crippen LogP contribution is -2.05. The third-order valence-electron chi connectivity index (χ3n) is 2.56. The molecule has 2 aromatic carbocycles. The Kier molecular flexibility index (Phi) is 4.46. The topological polar surface area (TPSA) is 17.1 Å². The molecule has 0 unspecified atom stereocenters. The molecule has 0 amide bonds. The molecule has 19 heavy (non-hydrogen) atoms. The van der Waals surface area contributed by atoms with Gasteiger partial charge >= 0.3 is 0 Å². The van der Waals surface area contributed by atoms with Crippen LogP contribution in [0.1, 0.15) is 15.9 Å². The van der Waals surface area contributed by atoms with Crippen LogP contribution in [-0.2, 0) is 6.42 Å². The summed E-state index contributed by atoms with van der Waals surface area (Å²) < 4.78 is 12.8. The van der Waals surface area contributed by atoms with Crippen LogP contribution < -0.4 is 0 Å². The maximum absolute atomic E-state index is 12.8. The third kappa shape index (κ3) is 3.47. The van der Waals surface area contributed by atoms with Gasteiger partial charge in [-0.05, 0) is 29.8 Å². The summed E-state index contributed by atoms with van der Waals surface area (Å²) >= 11 is 17.7. The minimum atomic E-state index is -0.348. The summed E-state index contributed by atoms with van der Waals surface area (Å²) in [6.07, 6.45) is 0.0986. The van der Waals surface area contributed by atoms with Crippen LogP contribution in [0.3, 0.4) is 0 Å². The fourth-order valence-electron chi connectivity index (χ4n) is 1.68. The van der Waals surface area contributed by atoms with Gasteiger partial charge in [0, 0.05) is 11.4 Å². The largest absolute Gasteiger partial charge is 0.294 e. The molecule has 0 atom stereocenters. The van der Waals surface area contributed by atoms with E-state index in [0.717, 1.165) is 0 Å². The number of Topliss-reactive ketones (excluding diaryl/α,β-unsaturated/α-hetero) is 1. The number of rotatable bonds is 3. The predicted molar refractivity (Wildman–Crippen MR) is 75.9 cm³/mol. The summed E-state index contributed by atoms with van der Waals surface area (Å²) in [4.78, 5) is 12.1. The van der Waals surface area contributed by atoms with Gasteiger partial charge in [-0.1, -0.05) is 46.9 Å². The SMILES string of the molecule is O=C(Cc1ccc(F)cc1)c1c(Cl)cc(Cl)cc1Cl. The van der Waals surface area contributed by atoms with Gasteiger partial charge in [0.05, 0.1) is 15.6 Å². The molecular weight excluding hydrogens is 310 g/mol. The average Bonchev–Trinajstić information content (AvgIpc) is 2.30. The zero-order valence-corrected chi connectivity index (χ0v) is 11.9. The first kappa shape index (κ1) is 14.3. The smallest absolute Gasteiger partial charge is 0.170 e. The lowest BCUT2D eigenvalue weighted by Gasteiger charge is -2.07. The van der Waals surface area contributed by atoms with E-state index < -0.39 is 0 Å². The molecular formula is C14H8Cl3FO. The van der Waals surface area contributed by atoms with Crippen LogP contribution in [0.2, 0.25) is 15.1 Å². The standard InChI is InChI=1S/C14H8Cl3FO/c15-9-6-11(16)14(12(17)7-9)13(19)5-8-1-3-10(18)4-2-8/h1-4,6-7H,5H2. The number of hydrogen-bond donors (Lipinski definition) is 0. The van der Waals surface area contributed by atoms with Gasteiger partial charge in [-0.25, -0.2) is 4.39 Å². The summed E-state index contributed by atoms with van der Waals surface area (Å²) in [7, 11) is 0. The molecule has 0 aliphatic rings. The van der Waals surface area contributed by atoms with Crippen molar-refractivity contribution in [2.75, 3.05) is 0 Å².